The van der Waals surface area contributed by atoms with Crippen LogP contribution in [0.15, 0.2) is 42.5 Å². The minimum absolute atomic E-state index is 0.251. The van der Waals surface area contributed by atoms with Gasteiger partial charge in [-0.05, 0) is 35.9 Å². The quantitative estimate of drug-likeness (QED) is 0.744. The van der Waals surface area contributed by atoms with Crippen molar-refractivity contribution in [1.29, 1.82) is 0 Å². The van der Waals surface area contributed by atoms with Crippen LogP contribution in [0.2, 0.25) is 5.02 Å². The monoisotopic (exact) mass is 402 g/mol. The van der Waals surface area contributed by atoms with Gasteiger partial charge in [0.2, 0.25) is 5.91 Å². The third kappa shape index (κ3) is 4.97. The summed E-state index contributed by atoms with van der Waals surface area (Å²) in [5, 5.41) is 3.52. The van der Waals surface area contributed by atoms with Crippen LogP contribution in [0.4, 0.5) is 11.4 Å². The van der Waals surface area contributed by atoms with Crippen molar-refractivity contribution in [1.82, 2.24) is 0 Å². The molecule has 7 heteroatoms. The lowest BCUT2D eigenvalue weighted by molar-refractivity contribution is -0.111. The van der Waals surface area contributed by atoms with Crippen molar-refractivity contribution >= 4 is 35.0 Å². The van der Waals surface area contributed by atoms with Crippen LogP contribution >= 0.6 is 11.6 Å². The van der Waals surface area contributed by atoms with Crippen LogP contribution in [0.5, 0.6) is 11.5 Å². The molecule has 1 amide bonds. The molecule has 1 N–H and O–H groups in total. The first-order valence-corrected chi connectivity index (χ1v) is 9.32. The van der Waals surface area contributed by atoms with Crippen LogP contribution in [0, 0.1) is 0 Å². The average molecular weight is 403 g/mol. The average Bonchev–Trinajstić information content (AvgIpc) is 2.72. The number of nitrogens with zero attached hydrogens (tertiary/aromatic N) is 1. The molecule has 2 aromatic rings. The van der Waals surface area contributed by atoms with Crippen molar-refractivity contribution < 1.29 is 19.0 Å². The van der Waals surface area contributed by atoms with E-state index in [1.54, 1.807) is 26.4 Å². The fourth-order valence-corrected chi connectivity index (χ4v) is 3.29. The second-order valence-electron chi connectivity index (χ2n) is 6.20. The number of rotatable bonds is 6. The number of hydrogen-bond donors (Lipinski definition) is 1. The van der Waals surface area contributed by atoms with Crippen LogP contribution in [0.3, 0.4) is 0 Å². The van der Waals surface area contributed by atoms with Gasteiger partial charge in [-0.1, -0.05) is 17.7 Å². The summed E-state index contributed by atoms with van der Waals surface area (Å²) >= 11 is 6.41. The van der Waals surface area contributed by atoms with Crippen molar-refractivity contribution in [3.05, 3.63) is 53.1 Å². The van der Waals surface area contributed by atoms with Crippen LogP contribution < -0.4 is 19.7 Å². The van der Waals surface area contributed by atoms with E-state index in [0.717, 1.165) is 24.3 Å². The molecule has 3 rings (SSSR count). The van der Waals surface area contributed by atoms with Crippen molar-refractivity contribution in [3.63, 3.8) is 0 Å². The number of carbonyl (C=O) groups excluding carboxylic acids is 1. The topological polar surface area (TPSA) is 60.0 Å². The molecular weight excluding hydrogens is 380 g/mol. The number of benzene rings is 2. The second kappa shape index (κ2) is 9.48. The van der Waals surface area contributed by atoms with E-state index in [2.05, 4.69) is 10.2 Å². The minimum Gasteiger partial charge on any atom is -0.497 e. The summed E-state index contributed by atoms with van der Waals surface area (Å²) < 4.78 is 15.9. The number of anilines is 2. The van der Waals surface area contributed by atoms with Crippen molar-refractivity contribution in [3.8, 4) is 11.5 Å². The maximum atomic E-state index is 12.5. The van der Waals surface area contributed by atoms with Crippen LogP contribution in [-0.4, -0.2) is 46.4 Å². The highest BCUT2D eigenvalue weighted by molar-refractivity contribution is 6.34. The standard InChI is InChI=1S/C21H23ClN2O4/c1-26-16-12-15(13-17(14-16)27-2)6-7-20(25)23-19-5-3-4-18(22)21(19)24-8-10-28-11-9-24/h3-7,12-14H,8-11H2,1-2H3,(H,23,25)/b7-6+. The summed E-state index contributed by atoms with van der Waals surface area (Å²) in [5.74, 6) is 1.06. The Morgan fingerprint density at radius 1 is 1.14 bits per heavy atom. The first-order valence-electron chi connectivity index (χ1n) is 8.94. The number of para-hydroxylation sites is 1. The molecule has 0 atom stereocenters. The predicted molar refractivity (Wildman–Crippen MR) is 112 cm³/mol. The molecule has 0 saturated carbocycles. The van der Waals surface area contributed by atoms with Gasteiger partial charge in [-0.3, -0.25) is 4.79 Å². The van der Waals surface area contributed by atoms with Crippen LogP contribution in [0.25, 0.3) is 6.08 Å². The molecule has 0 radical (unpaired) electrons. The minimum atomic E-state index is -0.251. The molecule has 0 unspecified atom stereocenters. The Morgan fingerprint density at radius 3 is 2.46 bits per heavy atom. The number of nitrogens with one attached hydrogen (secondary N) is 1. The van der Waals surface area contributed by atoms with Gasteiger partial charge in [0.15, 0.2) is 0 Å². The molecule has 0 aromatic heterocycles. The molecular formula is C21H23ClN2O4. The van der Waals surface area contributed by atoms with Gasteiger partial charge in [0, 0.05) is 25.2 Å². The number of methoxy groups -OCH3 is 2. The molecule has 6 nitrogen and oxygen atoms in total. The molecule has 0 aliphatic carbocycles. The maximum absolute atomic E-state index is 12.5. The zero-order valence-electron chi connectivity index (χ0n) is 15.9. The first kappa shape index (κ1) is 20.0. The highest BCUT2D eigenvalue weighted by atomic mass is 35.5. The summed E-state index contributed by atoms with van der Waals surface area (Å²) in [6.07, 6.45) is 3.18. The summed E-state index contributed by atoms with van der Waals surface area (Å²) in [5.41, 5.74) is 2.29. The molecule has 148 valence electrons. The maximum Gasteiger partial charge on any atom is 0.248 e. The molecule has 1 aliphatic rings. The molecule has 0 bridgehead atoms. The van der Waals surface area contributed by atoms with E-state index in [0.29, 0.717) is 35.4 Å². The van der Waals surface area contributed by atoms with Gasteiger partial charge in [0.1, 0.15) is 11.5 Å². The Labute approximate surface area is 169 Å². The number of carbonyl (C=O) groups is 1. The highest BCUT2D eigenvalue weighted by Gasteiger charge is 2.18. The Bertz CT molecular complexity index is 841. The SMILES string of the molecule is COc1cc(/C=C/C(=O)Nc2cccc(Cl)c2N2CCOCC2)cc(OC)c1. The Morgan fingerprint density at radius 2 is 1.82 bits per heavy atom. The summed E-state index contributed by atoms with van der Waals surface area (Å²) in [4.78, 5) is 14.6. The van der Waals surface area contributed by atoms with Crippen LogP contribution in [-0.2, 0) is 9.53 Å². The number of ether oxygens (including phenoxy) is 3. The van der Waals surface area contributed by atoms with Gasteiger partial charge < -0.3 is 24.4 Å². The van der Waals surface area contributed by atoms with E-state index in [9.17, 15) is 4.79 Å². The summed E-state index contributed by atoms with van der Waals surface area (Å²) in [6.45, 7) is 2.73. The van der Waals surface area contributed by atoms with Gasteiger partial charge in [0.05, 0.1) is 43.8 Å². The largest absolute Gasteiger partial charge is 0.497 e. The van der Waals surface area contributed by atoms with E-state index in [1.165, 1.54) is 6.08 Å². The summed E-state index contributed by atoms with van der Waals surface area (Å²) in [7, 11) is 3.17. The molecule has 1 fully saturated rings. The number of hydrogen-bond acceptors (Lipinski definition) is 5. The zero-order chi connectivity index (χ0) is 19.9. The van der Waals surface area contributed by atoms with Crippen molar-refractivity contribution in [2.75, 3.05) is 50.7 Å². The molecule has 0 spiro atoms. The highest BCUT2D eigenvalue weighted by Crippen LogP contribution is 2.34. The number of amides is 1. The number of halogens is 1. The Kier molecular flexibility index (Phi) is 6.79. The Hall–Kier alpha value is -2.70. The molecule has 1 heterocycles. The van der Waals surface area contributed by atoms with Gasteiger partial charge in [0.25, 0.3) is 0 Å². The molecule has 28 heavy (non-hydrogen) atoms. The Balaban J connectivity index is 1.77. The third-order valence-electron chi connectivity index (χ3n) is 4.37. The zero-order valence-corrected chi connectivity index (χ0v) is 16.7. The molecule has 1 saturated heterocycles. The summed E-state index contributed by atoms with van der Waals surface area (Å²) in [6, 6.07) is 10.9. The van der Waals surface area contributed by atoms with E-state index in [-0.39, 0.29) is 5.91 Å². The van der Waals surface area contributed by atoms with Crippen molar-refractivity contribution in [2.45, 2.75) is 0 Å². The van der Waals surface area contributed by atoms with E-state index >= 15 is 0 Å². The van der Waals surface area contributed by atoms with Gasteiger partial charge in [-0.15, -0.1) is 0 Å². The third-order valence-corrected chi connectivity index (χ3v) is 4.68. The van der Waals surface area contributed by atoms with E-state index in [4.69, 9.17) is 25.8 Å². The van der Waals surface area contributed by atoms with E-state index in [1.807, 2.05) is 30.3 Å². The fourth-order valence-electron chi connectivity index (χ4n) is 3.00. The van der Waals surface area contributed by atoms with Crippen LogP contribution in [0.1, 0.15) is 5.56 Å². The normalized spacial score (nSPS) is 14.2. The lowest BCUT2D eigenvalue weighted by Crippen LogP contribution is -2.37. The van der Waals surface area contributed by atoms with Gasteiger partial charge in [-0.25, -0.2) is 0 Å². The lowest BCUT2D eigenvalue weighted by Gasteiger charge is -2.31. The second-order valence-corrected chi connectivity index (χ2v) is 6.61. The lowest BCUT2D eigenvalue weighted by atomic mass is 10.2. The smallest absolute Gasteiger partial charge is 0.248 e. The molecule has 1 aliphatic heterocycles. The van der Waals surface area contributed by atoms with Gasteiger partial charge in [-0.2, -0.15) is 0 Å². The fraction of sp³-hybridized carbons (Fsp3) is 0.286. The number of morpholine rings is 1. The van der Waals surface area contributed by atoms with Crippen molar-refractivity contribution in [2.24, 2.45) is 0 Å². The van der Waals surface area contributed by atoms with Gasteiger partial charge >= 0.3 is 0 Å². The van der Waals surface area contributed by atoms with E-state index < -0.39 is 0 Å². The predicted octanol–water partition coefficient (Wildman–Crippen LogP) is 3.85. The first-order chi connectivity index (χ1) is 13.6. The molecule has 2 aromatic carbocycles.